The molecule has 0 aliphatic carbocycles. The fourth-order valence-electron chi connectivity index (χ4n) is 1.41. The van der Waals surface area contributed by atoms with Crippen LogP contribution < -0.4 is 11.5 Å². The third kappa shape index (κ3) is 5.22. The summed E-state index contributed by atoms with van der Waals surface area (Å²) in [6, 6.07) is 0. The maximum Gasteiger partial charge on any atom is -0.00257 e. The van der Waals surface area contributed by atoms with E-state index in [4.69, 9.17) is 11.5 Å². The van der Waals surface area contributed by atoms with Crippen molar-refractivity contribution in [3.05, 3.63) is 0 Å². The Balaban J connectivity index is 3.64. The molecule has 0 fully saturated rings. The van der Waals surface area contributed by atoms with Gasteiger partial charge in [-0.1, -0.05) is 20.8 Å². The van der Waals surface area contributed by atoms with E-state index in [2.05, 4.69) is 20.8 Å². The molecule has 0 aromatic rings. The summed E-state index contributed by atoms with van der Waals surface area (Å²) in [5.74, 6) is 0.707. The van der Waals surface area contributed by atoms with Gasteiger partial charge in [0.1, 0.15) is 0 Å². The standard InChI is InChI=1S/C9H22N2/c1-8(4-5-10)6-9(2,3)7-11/h8H,4-7,10-11H2,1-3H3. The van der Waals surface area contributed by atoms with E-state index in [1.807, 2.05) is 0 Å². The van der Waals surface area contributed by atoms with Gasteiger partial charge in [-0.2, -0.15) is 0 Å². The average Bonchev–Trinajstić information content (AvgIpc) is 1.87. The fraction of sp³-hybridized carbons (Fsp3) is 1.00. The van der Waals surface area contributed by atoms with Crippen LogP contribution in [0.2, 0.25) is 0 Å². The van der Waals surface area contributed by atoms with E-state index in [1.54, 1.807) is 0 Å². The Hall–Kier alpha value is -0.0800. The topological polar surface area (TPSA) is 52.0 Å². The van der Waals surface area contributed by atoms with Crippen LogP contribution in [0, 0.1) is 11.3 Å². The van der Waals surface area contributed by atoms with Gasteiger partial charge in [0, 0.05) is 0 Å². The Bertz CT molecular complexity index is 99.7. The minimum atomic E-state index is 0.286. The molecule has 0 radical (unpaired) electrons. The lowest BCUT2D eigenvalue weighted by atomic mass is 9.82. The molecule has 0 saturated heterocycles. The lowest BCUT2D eigenvalue weighted by Gasteiger charge is -2.25. The highest BCUT2D eigenvalue weighted by atomic mass is 14.6. The maximum atomic E-state index is 5.62. The van der Waals surface area contributed by atoms with Crippen LogP contribution in [0.1, 0.15) is 33.6 Å². The van der Waals surface area contributed by atoms with Gasteiger partial charge in [0.05, 0.1) is 0 Å². The minimum Gasteiger partial charge on any atom is -0.330 e. The molecule has 68 valence electrons. The largest absolute Gasteiger partial charge is 0.330 e. The predicted molar refractivity (Wildman–Crippen MR) is 50.3 cm³/mol. The molecule has 0 spiro atoms. The van der Waals surface area contributed by atoms with Crippen LogP contribution in [0.3, 0.4) is 0 Å². The second-order valence-electron chi connectivity index (χ2n) is 4.25. The first kappa shape index (κ1) is 10.9. The van der Waals surface area contributed by atoms with E-state index in [1.165, 1.54) is 6.42 Å². The van der Waals surface area contributed by atoms with E-state index < -0.39 is 0 Å². The Morgan fingerprint density at radius 1 is 1.27 bits per heavy atom. The van der Waals surface area contributed by atoms with Crippen molar-refractivity contribution in [2.24, 2.45) is 22.8 Å². The van der Waals surface area contributed by atoms with Crippen LogP contribution >= 0.6 is 0 Å². The second kappa shape index (κ2) is 4.73. The van der Waals surface area contributed by atoms with Gasteiger partial charge in [0.2, 0.25) is 0 Å². The van der Waals surface area contributed by atoms with Gasteiger partial charge in [-0.3, -0.25) is 0 Å². The van der Waals surface area contributed by atoms with Crippen LogP contribution in [-0.2, 0) is 0 Å². The van der Waals surface area contributed by atoms with Gasteiger partial charge in [-0.25, -0.2) is 0 Å². The molecular weight excluding hydrogens is 136 g/mol. The zero-order valence-electron chi connectivity index (χ0n) is 8.06. The number of hydrogen-bond acceptors (Lipinski definition) is 2. The van der Waals surface area contributed by atoms with Crippen molar-refractivity contribution >= 4 is 0 Å². The van der Waals surface area contributed by atoms with E-state index in [0.717, 1.165) is 19.5 Å². The van der Waals surface area contributed by atoms with Gasteiger partial charge in [-0.15, -0.1) is 0 Å². The summed E-state index contributed by atoms with van der Waals surface area (Å²) >= 11 is 0. The van der Waals surface area contributed by atoms with Crippen LogP contribution in [0.25, 0.3) is 0 Å². The highest BCUT2D eigenvalue weighted by Gasteiger charge is 2.18. The third-order valence-electron chi connectivity index (χ3n) is 2.11. The van der Waals surface area contributed by atoms with E-state index in [-0.39, 0.29) is 5.41 Å². The molecule has 0 aromatic carbocycles. The number of rotatable bonds is 5. The SMILES string of the molecule is CC(CCN)CC(C)(C)CN. The first-order valence-corrected chi connectivity index (χ1v) is 4.42. The number of nitrogens with two attached hydrogens (primary N) is 2. The van der Waals surface area contributed by atoms with Crippen LogP contribution in [-0.4, -0.2) is 13.1 Å². The third-order valence-corrected chi connectivity index (χ3v) is 2.11. The molecule has 0 saturated carbocycles. The lowest BCUT2D eigenvalue weighted by Crippen LogP contribution is -2.26. The van der Waals surface area contributed by atoms with Crippen molar-refractivity contribution < 1.29 is 0 Å². The van der Waals surface area contributed by atoms with Gasteiger partial charge in [-0.05, 0) is 37.3 Å². The molecule has 0 aliphatic rings. The monoisotopic (exact) mass is 158 g/mol. The summed E-state index contributed by atoms with van der Waals surface area (Å²) < 4.78 is 0. The van der Waals surface area contributed by atoms with Crippen molar-refractivity contribution in [1.29, 1.82) is 0 Å². The highest BCUT2D eigenvalue weighted by molar-refractivity contribution is 4.72. The first-order chi connectivity index (χ1) is 5.02. The molecule has 0 rings (SSSR count). The molecule has 0 aliphatic heterocycles. The zero-order valence-corrected chi connectivity index (χ0v) is 8.06. The van der Waals surface area contributed by atoms with Gasteiger partial charge < -0.3 is 11.5 Å². The van der Waals surface area contributed by atoms with Crippen LogP contribution in [0.15, 0.2) is 0 Å². The molecule has 1 atom stereocenters. The quantitative estimate of drug-likeness (QED) is 0.634. The van der Waals surface area contributed by atoms with Gasteiger partial charge in [0.15, 0.2) is 0 Å². The normalized spacial score (nSPS) is 15.0. The Kier molecular flexibility index (Phi) is 4.69. The van der Waals surface area contributed by atoms with E-state index in [9.17, 15) is 0 Å². The van der Waals surface area contributed by atoms with Gasteiger partial charge >= 0.3 is 0 Å². The van der Waals surface area contributed by atoms with Crippen LogP contribution in [0.4, 0.5) is 0 Å². The van der Waals surface area contributed by atoms with Crippen molar-refractivity contribution in [2.45, 2.75) is 33.6 Å². The van der Waals surface area contributed by atoms with Crippen molar-refractivity contribution in [1.82, 2.24) is 0 Å². The van der Waals surface area contributed by atoms with Crippen LogP contribution in [0.5, 0.6) is 0 Å². The number of hydrogen-bond donors (Lipinski definition) is 2. The van der Waals surface area contributed by atoms with E-state index in [0.29, 0.717) is 5.92 Å². The molecule has 0 aromatic heterocycles. The van der Waals surface area contributed by atoms with Gasteiger partial charge in [0.25, 0.3) is 0 Å². The Labute approximate surface area is 70.3 Å². The minimum absolute atomic E-state index is 0.286. The highest BCUT2D eigenvalue weighted by Crippen LogP contribution is 2.24. The first-order valence-electron chi connectivity index (χ1n) is 4.42. The van der Waals surface area contributed by atoms with Crippen molar-refractivity contribution in [2.75, 3.05) is 13.1 Å². The van der Waals surface area contributed by atoms with Crippen molar-refractivity contribution in [3.63, 3.8) is 0 Å². The molecule has 0 heterocycles. The summed E-state index contributed by atoms with van der Waals surface area (Å²) in [5, 5.41) is 0. The molecule has 1 unspecified atom stereocenters. The Morgan fingerprint density at radius 3 is 2.18 bits per heavy atom. The van der Waals surface area contributed by atoms with E-state index >= 15 is 0 Å². The summed E-state index contributed by atoms with van der Waals surface area (Å²) in [7, 11) is 0. The zero-order chi connectivity index (χ0) is 8.91. The maximum absolute atomic E-state index is 5.62. The lowest BCUT2D eigenvalue weighted by molar-refractivity contribution is 0.279. The molecule has 2 heteroatoms. The van der Waals surface area contributed by atoms with Crippen molar-refractivity contribution in [3.8, 4) is 0 Å². The fourth-order valence-corrected chi connectivity index (χ4v) is 1.41. The summed E-state index contributed by atoms with van der Waals surface area (Å²) in [4.78, 5) is 0. The predicted octanol–water partition coefficient (Wildman–Crippen LogP) is 1.35. The second-order valence-corrected chi connectivity index (χ2v) is 4.25. The molecule has 0 amide bonds. The molecule has 0 bridgehead atoms. The summed E-state index contributed by atoms with van der Waals surface area (Å²) in [6.45, 7) is 8.22. The molecular formula is C9H22N2. The molecule has 2 nitrogen and oxygen atoms in total. The Morgan fingerprint density at radius 2 is 1.82 bits per heavy atom. The molecule has 4 N–H and O–H groups in total. The molecule has 11 heavy (non-hydrogen) atoms. The summed E-state index contributed by atoms with van der Waals surface area (Å²) in [6.07, 6.45) is 2.30. The average molecular weight is 158 g/mol. The smallest absolute Gasteiger partial charge is 0.00257 e. The summed E-state index contributed by atoms with van der Waals surface area (Å²) in [5.41, 5.74) is 11.4.